The van der Waals surface area contributed by atoms with Gasteiger partial charge in [-0.2, -0.15) is 0 Å². The van der Waals surface area contributed by atoms with Gasteiger partial charge in [-0.05, 0) is 18.8 Å². The molecule has 0 amide bonds. The standard InChI is InChI=1S/C18H22ClN6O2P/c1-27-16-9-13(19)3-4-15(16)22-18-21-11-17-20-10-14(25(17)23-18)12-24-5-7-28(2,26)8-6-24/h3-4,9-11H,5-8,12H2,1-2H3,(H,22,23). The van der Waals surface area contributed by atoms with E-state index in [0.29, 0.717) is 28.9 Å². The van der Waals surface area contributed by atoms with E-state index in [1.165, 1.54) is 0 Å². The Morgan fingerprint density at radius 3 is 2.79 bits per heavy atom. The van der Waals surface area contributed by atoms with E-state index in [-0.39, 0.29) is 0 Å². The number of nitrogens with zero attached hydrogens (tertiary/aromatic N) is 5. The Balaban J connectivity index is 1.56. The molecule has 0 saturated carbocycles. The lowest BCUT2D eigenvalue weighted by Gasteiger charge is -2.29. The number of aromatic nitrogens is 4. The van der Waals surface area contributed by atoms with Crippen molar-refractivity contribution in [1.82, 2.24) is 24.5 Å². The maximum absolute atomic E-state index is 12.2. The molecule has 0 radical (unpaired) electrons. The molecular weight excluding hydrogens is 399 g/mol. The predicted octanol–water partition coefficient (Wildman–Crippen LogP) is 3.34. The van der Waals surface area contributed by atoms with Crippen LogP contribution in [0, 0.1) is 0 Å². The van der Waals surface area contributed by atoms with Gasteiger partial charge in [0, 0.05) is 43.0 Å². The Bertz CT molecular complexity index is 1040. The van der Waals surface area contributed by atoms with Crippen molar-refractivity contribution in [2.75, 3.05) is 44.5 Å². The molecule has 0 unspecified atom stereocenters. The van der Waals surface area contributed by atoms with Crippen LogP contribution in [0.4, 0.5) is 11.6 Å². The number of ether oxygens (including phenoxy) is 1. The first-order valence-electron chi connectivity index (χ1n) is 9.02. The summed E-state index contributed by atoms with van der Waals surface area (Å²) in [5.41, 5.74) is 2.38. The fourth-order valence-electron chi connectivity index (χ4n) is 3.21. The van der Waals surface area contributed by atoms with E-state index in [1.54, 1.807) is 30.0 Å². The van der Waals surface area contributed by atoms with Gasteiger partial charge in [0.05, 0.1) is 38.0 Å². The minimum absolute atomic E-state index is 0.434. The number of hydrogen-bond donors (Lipinski definition) is 1. The van der Waals surface area contributed by atoms with E-state index in [0.717, 1.165) is 36.8 Å². The highest BCUT2D eigenvalue weighted by molar-refractivity contribution is 7.63. The molecule has 0 spiro atoms. The normalized spacial score (nSPS) is 17.0. The molecule has 3 heterocycles. The van der Waals surface area contributed by atoms with Gasteiger partial charge in [0.1, 0.15) is 5.75 Å². The van der Waals surface area contributed by atoms with Crippen LogP contribution in [0.1, 0.15) is 5.69 Å². The summed E-state index contributed by atoms with van der Waals surface area (Å²) in [6.07, 6.45) is 5.03. The van der Waals surface area contributed by atoms with E-state index < -0.39 is 7.14 Å². The molecule has 10 heteroatoms. The third-order valence-electron chi connectivity index (χ3n) is 4.91. The fourth-order valence-corrected chi connectivity index (χ4v) is 5.01. The molecule has 4 rings (SSSR count). The molecule has 2 aromatic heterocycles. The van der Waals surface area contributed by atoms with Crippen LogP contribution in [0.15, 0.2) is 30.6 Å². The van der Waals surface area contributed by atoms with Gasteiger partial charge < -0.3 is 14.6 Å². The van der Waals surface area contributed by atoms with Crippen LogP contribution in [0.2, 0.25) is 5.02 Å². The molecule has 28 heavy (non-hydrogen) atoms. The first kappa shape index (κ1) is 19.2. The van der Waals surface area contributed by atoms with Gasteiger partial charge >= 0.3 is 0 Å². The lowest BCUT2D eigenvalue weighted by Crippen LogP contribution is -2.34. The molecule has 1 aliphatic rings. The van der Waals surface area contributed by atoms with Crippen LogP contribution in [-0.2, 0) is 11.1 Å². The number of anilines is 2. The van der Waals surface area contributed by atoms with Crippen LogP contribution in [0.3, 0.4) is 0 Å². The number of imidazole rings is 1. The number of methoxy groups -OCH3 is 1. The Morgan fingerprint density at radius 2 is 2.04 bits per heavy atom. The molecule has 1 fully saturated rings. The first-order valence-corrected chi connectivity index (χ1v) is 11.9. The Morgan fingerprint density at radius 1 is 1.25 bits per heavy atom. The SMILES string of the molecule is COc1cc(Cl)ccc1Nc1ncc2ncc(CN3CCP(C)(=O)CC3)n2n1. The second kappa shape index (κ2) is 7.70. The van der Waals surface area contributed by atoms with Crippen molar-refractivity contribution >= 4 is 36.0 Å². The van der Waals surface area contributed by atoms with Crippen molar-refractivity contribution in [3.8, 4) is 5.75 Å². The highest BCUT2D eigenvalue weighted by Crippen LogP contribution is 2.43. The Kier molecular flexibility index (Phi) is 5.27. The molecule has 0 aliphatic carbocycles. The number of hydrogen-bond acceptors (Lipinski definition) is 7. The Labute approximate surface area is 168 Å². The lowest BCUT2D eigenvalue weighted by atomic mass is 10.3. The minimum Gasteiger partial charge on any atom is -0.495 e. The zero-order valence-corrected chi connectivity index (χ0v) is 17.5. The van der Waals surface area contributed by atoms with Crippen LogP contribution in [0.5, 0.6) is 5.75 Å². The second-order valence-electron chi connectivity index (χ2n) is 7.09. The smallest absolute Gasteiger partial charge is 0.245 e. The van der Waals surface area contributed by atoms with Gasteiger partial charge in [-0.15, -0.1) is 5.10 Å². The number of nitrogens with one attached hydrogen (secondary N) is 1. The van der Waals surface area contributed by atoms with Crippen LogP contribution >= 0.6 is 18.7 Å². The number of rotatable bonds is 5. The van der Waals surface area contributed by atoms with Gasteiger partial charge in [-0.3, -0.25) is 4.90 Å². The zero-order valence-electron chi connectivity index (χ0n) is 15.8. The molecule has 3 aromatic rings. The predicted molar refractivity (Wildman–Crippen MR) is 111 cm³/mol. The number of fused-ring (bicyclic) bond motifs is 1. The van der Waals surface area contributed by atoms with Crippen LogP contribution in [0.25, 0.3) is 5.65 Å². The van der Waals surface area contributed by atoms with Crippen molar-refractivity contribution in [3.05, 3.63) is 41.3 Å². The van der Waals surface area contributed by atoms with E-state index in [1.807, 2.05) is 18.9 Å². The van der Waals surface area contributed by atoms with E-state index in [4.69, 9.17) is 16.3 Å². The fraction of sp³-hybridized carbons (Fsp3) is 0.389. The molecule has 1 saturated heterocycles. The van der Waals surface area contributed by atoms with Gasteiger partial charge in [0.25, 0.3) is 0 Å². The molecule has 1 aromatic carbocycles. The molecule has 0 bridgehead atoms. The summed E-state index contributed by atoms with van der Waals surface area (Å²) in [7, 11) is -0.355. The average Bonchev–Trinajstić information content (AvgIpc) is 3.07. The molecule has 1 aliphatic heterocycles. The van der Waals surface area contributed by atoms with Gasteiger partial charge in [-0.25, -0.2) is 14.5 Å². The number of benzene rings is 1. The topological polar surface area (TPSA) is 84.6 Å². The summed E-state index contributed by atoms with van der Waals surface area (Å²) in [6.45, 7) is 4.27. The molecular formula is C18H22ClN6O2P. The molecule has 0 atom stereocenters. The summed E-state index contributed by atoms with van der Waals surface area (Å²) >= 11 is 6.02. The quantitative estimate of drug-likeness (QED) is 0.633. The van der Waals surface area contributed by atoms with Gasteiger partial charge in [0.2, 0.25) is 5.95 Å². The highest BCUT2D eigenvalue weighted by atomic mass is 35.5. The van der Waals surface area contributed by atoms with Crippen molar-refractivity contribution in [1.29, 1.82) is 0 Å². The van der Waals surface area contributed by atoms with E-state index in [9.17, 15) is 4.57 Å². The monoisotopic (exact) mass is 420 g/mol. The summed E-state index contributed by atoms with van der Waals surface area (Å²) in [5.74, 6) is 1.04. The summed E-state index contributed by atoms with van der Waals surface area (Å²) in [5, 5.41) is 8.35. The minimum atomic E-state index is -1.94. The summed E-state index contributed by atoms with van der Waals surface area (Å²) < 4.78 is 19.3. The van der Waals surface area contributed by atoms with Crippen molar-refractivity contribution in [3.63, 3.8) is 0 Å². The second-order valence-corrected chi connectivity index (χ2v) is 11.0. The zero-order chi connectivity index (χ0) is 19.7. The average molecular weight is 421 g/mol. The maximum atomic E-state index is 12.2. The summed E-state index contributed by atoms with van der Waals surface area (Å²) in [6, 6.07) is 5.32. The van der Waals surface area contributed by atoms with Crippen molar-refractivity contribution < 1.29 is 9.30 Å². The van der Waals surface area contributed by atoms with Crippen LogP contribution in [-0.4, -0.2) is 63.7 Å². The summed E-state index contributed by atoms with van der Waals surface area (Å²) in [4.78, 5) is 11.0. The largest absolute Gasteiger partial charge is 0.495 e. The third kappa shape index (κ3) is 4.14. The van der Waals surface area contributed by atoms with Gasteiger partial charge in [-0.1, -0.05) is 11.6 Å². The van der Waals surface area contributed by atoms with Gasteiger partial charge in [0.15, 0.2) is 5.65 Å². The Hall–Kier alpha value is -2.15. The van der Waals surface area contributed by atoms with Crippen molar-refractivity contribution in [2.24, 2.45) is 0 Å². The molecule has 8 nitrogen and oxygen atoms in total. The number of halogens is 1. The highest BCUT2D eigenvalue weighted by Gasteiger charge is 2.24. The molecule has 1 N–H and O–H groups in total. The first-order chi connectivity index (χ1) is 13.4. The third-order valence-corrected chi connectivity index (χ3v) is 7.43. The maximum Gasteiger partial charge on any atom is 0.245 e. The van der Waals surface area contributed by atoms with Crippen LogP contribution < -0.4 is 10.1 Å². The van der Waals surface area contributed by atoms with E-state index in [2.05, 4.69) is 25.3 Å². The molecule has 148 valence electrons. The lowest BCUT2D eigenvalue weighted by molar-refractivity contribution is 0.282. The van der Waals surface area contributed by atoms with E-state index >= 15 is 0 Å². The van der Waals surface area contributed by atoms with Crippen molar-refractivity contribution in [2.45, 2.75) is 6.54 Å².